The van der Waals surface area contributed by atoms with Gasteiger partial charge in [-0.15, -0.1) is 0 Å². The smallest absolute Gasteiger partial charge is 0.320 e. The van der Waals surface area contributed by atoms with E-state index in [0.29, 0.717) is 13.0 Å². The Hall–Kier alpha value is -0.220. The van der Waals surface area contributed by atoms with E-state index >= 15 is 0 Å². The van der Waals surface area contributed by atoms with Crippen molar-refractivity contribution < 1.29 is 9.90 Å². The standard InChI is InChI=1S/C10H21NO2S/c1-5-11-8(9(12)13)6-7-14-10(2,3)4/h8,11H,5-7H2,1-4H3,(H,12,13). The van der Waals surface area contributed by atoms with Gasteiger partial charge >= 0.3 is 5.97 Å². The molecule has 4 heteroatoms. The number of hydrogen-bond acceptors (Lipinski definition) is 3. The van der Waals surface area contributed by atoms with Crippen LogP contribution in [0.2, 0.25) is 0 Å². The van der Waals surface area contributed by atoms with Gasteiger partial charge in [0.2, 0.25) is 0 Å². The summed E-state index contributed by atoms with van der Waals surface area (Å²) in [4.78, 5) is 10.8. The van der Waals surface area contributed by atoms with Gasteiger partial charge in [-0.25, -0.2) is 0 Å². The summed E-state index contributed by atoms with van der Waals surface area (Å²) in [5.41, 5.74) is 0. The lowest BCUT2D eigenvalue weighted by Gasteiger charge is -2.19. The molecule has 0 aliphatic rings. The Balaban J connectivity index is 3.77. The number of nitrogens with one attached hydrogen (secondary N) is 1. The Morgan fingerprint density at radius 3 is 2.43 bits per heavy atom. The lowest BCUT2D eigenvalue weighted by Crippen LogP contribution is -2.37. The van der Waals surface area contributed by atoms with Crippen LogP contribution < -0.4 is 5.32 Å². The van der Waals surface area contributed by atoms with E-state index in [2.05, 4.69) is 26.1 Å². The number of hydrogen-bond donors (Lipinski definition) is 2. The number of aliphatic carboxylic acids is 1. The molecule has 3 nitrogen and oxygen atoms in total. The summed E-state index contributed by atoms with van der Waals surface area (Å²) < 4.78 is 0.218. The van der Waals surface area contributed by atoms with E-state index in [4.69, 9.17) is 5.11 Å². The van der Waals surface area contributed by atoms with Gasteiger partial charge in [0.05, 0.1) is 0 Å². The number of likely N-dealkylation sites (N-methyl/N-ethyl adjacent to an activating group) is 1. The fourth-order valence-electron chi connectivity index (χ4n) is 1.04. The molecule has 2 N–H and O–H groups in total. The van der Waals surface area contributed by atoms with Gasteiger partial charge in [0, 0.05) is 4.75 Å². The van der Waals surface area contributed by atoms with E-state index in [-0.39, 0.29) is 4.75 Å². The molecule has 0 aromatic heterocycles. The minimum atomic E-state index is -0.749. The summed E-state index contributed by atoms with van der Waals surface area (Å²) in [7, 11) is 0. The molecule has 0 aromatic carbocycles. The minimum Gasteiger partial charge on any atom is -0.480 e. The van der Waals surface area contributed by atoms with Gasteiger partial charge in [0.1, 0.15) is 6.04 Å². The highest BCUT2D eigenvalue weighted by Gasteiger charge is 2.17. The lowest BCUT2D eigenvalue weighted by atomic mass is 10.2. The summed E-state index contributed by atoms with van der Waals surface area (Å²) in [6.07, 6.45) is 0.686. The van der Waals surface area contributed by atoms with E-state index in [0.717, 1.165) is 5.75 Å². The molecule has 0 saturated heterocycles. The molecule has 1 atom stereocenters. The molecule has 84 valence electrons. The van der Waals surface area contributed by atoms with Crippen molar-refractivity contribution in [1.82, 2.24) is 5.32 Å². The molecule has 0 radical (unpaired) electrons. The Bertz CT molecular complexity index is 177. The molecule has 0 fully saturated rings. The van der Waals surface area contributed by atoms with Crippen LogP contribution in [0, 0.1) is 0 Å². The molecular formula is C10H21NO2S. The van der Waals surface area contributed by atoms with E-state index in [1.807, 2.05) is 6.92 Å². The molecular weight excluding hydrogens is 198 g/mol. The molecule has 1 unspecified atom stereocenters. The van der Waals surface area contributed by atoms with Crippen molar-refractivity contribution in [2.45, 2.75) is 44.9 Å². The normalized spacial score (nSPS) is 14.0. The van der Waals surface area contributed by atoms with E-state index in [1.165, 1.54) is 0 Å². The monoisotopic (exact) mass is 219 g/mol. The van der Waals surface area contributed by atoms with Crippen LogP contribution in [-0.4, -0.2) is 34.2 Å². The van der Waals surface area contributed by atoms with Gasteiger partial charge in [-0.1, -0.05) is 27.7 Å². The van der Waals surface area contributed by atoms with Gasteiger partial charge in [-0.05, 0) is 18.7 Å². The fraction of sp³-hybridized carbons (Fsp3) is 0.900. The highest BCUT2D eigenvalue weighted by atomic mass is 32.2. The second-order valence-electron chi connectivity index (χ2n) is 4.20. The lowest BCUT2D eigenvalue weighted by molar-refractivity contribution is -0.139. The van der Waals surface area contributed by atoms with Crippen molar-refractivity contribution in [3.8, 4) is 0 Å². The van der Waals surface area contributed by atoms with Gasteiger partial charge in [0.15, 0.2) is 0 Å². The quantitative estimate of drug-likeness (QED) is 0.717. The highest BCUT2D eigenvalue weighted by molar-refractivity contribution is 8.00. The first-order valence-corrected chi connectivity index (χ1v) is 5.95. The van der Waals surface area contributed by atoms with Crippen molar-refractivity contribution in [3.63, 3.8) is 0 Å². The second-order valence-corrected chi connectivity index (χ2v) is 6.12. The third kappa shape index (κ3) is 7.21. The molecule has 0 aromatic rings. The maximum absolute atomic E-state index is 10.8. The maximum atomic E-state index is 10.8. The highest BCUT2D eigenvalue weighted by Crippen LogP contribution is 2.23. The molecule has 0 saturated carbocycles. The van der Waals surface area contributed by atoms with Crippen LogP contribution in [0.15, 0.2) is 0 Å². The van der Waals surface area contributed by atoms with E-state index in [9.17, 15) is 4.79 Å². The molecule has 0 aliphatic carbocycles. The average Bonchev–Trinajstić information content (AvgIpc) is 2.00. The topological polar surface area (TPSA) is 49.3 Å². The van der Waals surface area contributed by atoms with Crippen LogP contribution in [0.3, 0.4) is 0 Å². The Morgan fingerprint density at radius 1 is 1.50 bits per heavy atom. The number of thioether (sulfide) groups is 1. The van der Waals surface area contributed by atoms with Crippen molar-refractivity contribution in [2.24, 2.45) is 0 Å². The molecule has 0 bridgehead atoms. The number of carboxylic acid groups (broad SMARTS) is 1. The summed E-state index contributed by atoms with van der Waals surface area (Å²) >= 11 is 1.80. The van der Waals surface area contributed by atoms with Crippen LogP contribution in [-0.2, 0) is 4.79 Å². The molecule has 0 spiro atoms. The predicted octanol–water partition coefficient (Wildman–Crippen LogP) is 1.97. The third-order valence-electron chi connectivity index (χ3n) is 1.69. The second kappa shape index (κ2) is 6.30. The van der Waals surface area contributed by atoms with Gasteiger partial charge in [0.25, 0.3) is 0 Å². The van der Waals surface area contributed by atoms with Crippen LogP contribution in [0.5, 0.6) is 0 Å². The van der Waals surface area contributed by atoms with E-state index < -0.39 is 12.0 Å². The average molecular weight is 219 g/mol. The zero-order chi connectivity index (χ0) is 11.2. The Labute approximate surface area is 90.7 Å². The third-order valence-corrected chi connectivity index (χ3v) is 3.00. The number of rotatable bonds is 6. The van der Waals surface area contributed by atoms with Crippen molar-refractivity contribution in [3.05, 3.63) is 0 Å². The van der Waals surface area contributed by atoms with Crippen LogP contribution in [0.4, 0.5) is 0 Å². The summed E-state index contributed by atoms with van der Waals surface area (Å²) in [6.45, 7) is 9.05. The zero-order valence-electron chi connectivity index (χ0n) is 9.46. The van der Waals surface area contributed by atoms with Crippen LogP contribution >= 0.6 is 11.8 Å². The Kier molecular flexibility index (Phi) is 6.20. The van der Waals surface area contributed by atoms with E-state index in [1.54, 1.807) is 11.8 Å². The van der Waals surface area contributed by atoms with Gasteiger partial charge in [-0.2, -0.15) is 11.8 Å². The predicted molar refractivity (Wildman–Crippen MR) is 61.9 cm³/mol. The molecule has 14 heavy (non-hydrogen) atoms. The van der Waals surface area contributed by atoms with Crippen LogP contribution in [0.1, 0.15) is 34.1 Å². The first kappa shape index (κ1) is 13.8. The SMILES string of the molecule is CCNC(CCSC(C)(C)C)C(=O)O. The largest absolute Gasteiger partial charge is 0.480 e. The summed E-state index contributed by atoms with van der Waals surface area (Å²) in [6, 6.07) is -0.394. The molecule has 0 rings (SSSR count). The van der Waals surface area contributed by atoms with Crippen molar-refractivity contribution >= 4 is 17.7 Å². The first-order chi connectivity index (χ1) is 6.37. The summed E-state index contributed by atoms with van der Waals surface area (Å²) in [5, 5.41) is 11.8. The molecule has 0 amide bonds. The maximum Gasteiger partial charge on any atom is 0.320 e. The number of carbonyl (C=O) groups is 1. The summed E-state index contributed by atoms with van der Waals surface area (Å²) in [5.74, 6) is 0.134. The van der Waals surface area contributed by atoms with Crippen molar-refractivity contribution in [2.75, 3.05) is 12.3 Å². The number of carboxylic acids is 1. The van der Waals surface area contributed by atoms with Crippen LogP contribution in [0.25, 0.3) is 0 Å². The molecule has 0 aliphatic heterocycles. The van der Waals surface area contributed by atoms with Crippen molar-refractivity contribution in [1.29, 1.82) is 0 Å². The first-order valence-electron chi connectivity index (χ1n) is 4.97. The molecule has 0 heterocycles. The zero-order valence-corrected chi connectivity index (χ0v) is 10.3. The minimum absolute atomic E-state index is 0.218. The van der Waals surface area contributed by atoms with Gasteiger partial charge < -0.3 is 10.4 Å². The fourth-order valence-corrected chi connectivity index (χ4v) is 2.01. The Morgan fingerprint density at radius 2 is 2.07 bits per heavy atom. The van der Waals surface area contributed by atoms with Gasteiger partial charge in [-0.3, -0.25) is 4.79 Å².